The van der Waals surface area contributed by atoms with Crippen LogP contribution >= 0.6 is 0 Å². The van der Waals surface area contributed by atoms with E-state index in [1.165, 1.54) is 6.92 Å². The normalized spacial score (nSPS) is 13.8. The van der Waals surface area contributed by atoms with Crippen LogP contribution in [0.2, 0.25) is 0 Å². The number of aliphatic hydroxyl groups is 1. The molecule has 1 aromatic heterocycles. The van der Waals surface area contributed by atoms with Crippen molar-refractivity contribution in [3.8, 4) is 22.5 Å². The van der Waals surface area contributed by atoms with Crippen molar-refractivity contribution >= 4 is 5.91 Å². The van der Waals surface area contributed by atoms with Gasteiger partial charge in [-0.05, 0) is 23.6 Å². The minimum absolute atomic E-state index is 0.0272. The maximum absolute atomic E-state index is 12.5. The zero-order valence-electron chi connectivity index (χ0n) is 18.0. The van der Waals surface area contributed by atoms with E-state index in [9.17, 15) is 15.1 Å². The van der Waals surface area contributed by atoms with Gasteiger partial charge < -0.3 is 14.4 Å². The zero-order valence-corrected chi connectivity index (χ0v) is 18.0. The van der Waals surface area contributed by atoms with Gasteiger partial charge in [-0.2, -0.15) is 0 Å². The quantitative estimate of drug-likeness (QED) is 0.273. The average Bonchev–Trinajstić information content (AvgIpc) is 3.38. The molecule has 168 valence electrons. The van der Waals surface area contributed by atoms with Gasteiger partial charge in [-0.1, -0.05) is 90.1 Å². The highest BCUT2D eigenvalue weighted by Gasteiger charge is 2.44. The van der Waals surface area contributed by atoms with E-state index in [4.69, 9.17) is 9.26 Å². The van der Waals surface area contributed by atoms with Crippen molar-refractivity contribution in [1.82, 2.24) is 10.6 Å². The Morgan fingerprint density at radius 3 is 2.15 bits per heavy atom. The van der Waals surface area contributed by atoms with Crippen LogP contribution in [0.1, 0.15) is 24.3 Å². The van der Waals surface area contributed by atoms with E-state index in [2.05, 4.69) is 5.16 Å². The number of rotatable bonds is 8. The third-order valence-electron chi connectivity index (χ3n) is 5.54. The molecule has 1 heterocycles. The highest BCUT2D eigenvalue weighted by molar-refractivity contribution is 5.84. The van der Waals surface area contributed by atoms with Crippen molar-refractivity contribution in [3.63, 3.8) is 0 Å². The van der Waals surface area contributed by atoms with Crippen LogP contribution in [0, 0.1) is 0 Å². The summed E-state index contributed by atoms with van der Waals surface area (Å²) in [6.07, 6.45) is -1.49. The van der Waals surface area contributed by atoms with Gasteiger partial charge in [0, 0.05) is 11.6 Å². The topological polar surface area (TPSA) is 105 Å². The lowest BCUT2D eigenvalue weighted by molar-refractivity contribution is -0.174. The van der Waals surface area contributed by atoms with Crippen LogP contribution in [-0.4, -0.2) is 27.0 Å². The predicted octanol–water partition coefficient (Wildman–Crippen LogP) is 4.52. The number of carbonyl (C=O) groups excluding carboxylic acids is 1. The molecule has 2 atom stereocenters. The van der Waals surface area contributed by atoms with E-state index in [0.717, 1.165) is 22.3 Å². The zero-order chi connectivity index (χ0) is 23.3. The van der Waals surface area contributed by atoms with E-state index in [1.54, 1.807) is 11.5 Å². The number of hydrogen-bond donors (Lipinski definition) is 3. The minimum Gasteiger partial charge on any atom is -0.383 e. The Balaban J connectivity index is 1.51. The summed E-state index contributed by atoms with van der Waals surface area (Å²) in [6, 6.07) is 28.4. The van der Waals surface area contributed by atoms with E-state index < -0.39 is 17.6 Å². The fraction of sp³-hybridized carbons (Fsp3) is 0.154. The molecular formula is C26H24N2O5. The summed E-state index contributed by atoms with van der Waals surface area (Å²) in [5.41, 5.74) is 3.57. The van der Waals surface area contributed by atoms with Gasteiger partial charge in [0.25, 0.3) is 5.91 Å². The molecule has 0 saturated heterocycles. The number of hydrogen-bond acceptors (Lipinski definition) is 6. The summed E-state index contributed by atoms with van der Waals surface area (Å²) >= 11 is 0. The summed E-state index contributed by atoms with van der Waals surface area (Å²) in [4.78, 5) is 12.5. The standard InChI is InChI=1S/C26H24N2O5/c1-26(25(30)27-31,24(29)22-16-23(33-28-22)21-10-6-3-7-11-21)32-17-18-12-14-20(15-13-18)19-8-4-2-5-9-19/h2-16,24,29,31H,17H2,1H3,(H,27,30)/t24-,26-/m0/s1. The van der Waals surface area contributed by atoms with Crippen molar-refractivity contribution < 1.29 is 24.4 Å². The smallest absolute Gasteiger partial charge is 0.278 e. The number of ether oxygens (including phenoxy) is 1. The van der Waals surface area contributed by atoms with E-state index in [-0.39, 0.29) is 12.3 Å². The van der Waals surface area contributed by atoms with Crippen LogP contribution in [0.3, 0.4) is 0 Å². The van der Waals surface area contributed by atoms with E-state index in [0.29, 0.717) is 5.76 Å². The second-order valence-corrected chi connectivity index (χ2v) is 7.78. The number of aromatic nitrogens is 1. The molecule has 0 spiro atoms. The van der Waals surface area contributed by atoms with Gasteiger partial charge in [-0.15, -0.1) is 0 Å². The van der Waals surface area contributed by atoms with Crippen molar-refractivity contribution in [1.29, 1.82) is 0 Å². The predicted molar refractivity (Wildman–Crippen MR) is 122 cm³/mol. The number of hydroxylamine groups is 1. The first-order valence-electron chi connectivity index (χ1n) is 10.4. The lowest BCUT2D eigenvalue weighted by Crippen LogP contribution is -2.50. The molecule has 7 heteroatoms. The van der Waals surface area contributed by atoms with Gasteiger partial charge in [-0.3, -0.25) is 10.0 Å². The van der Waals surface area contributed by atoms with Crippen LogP contribution in [0.25, 0.3) is 22.5 Å². The third kappa shape index (κ3) is 4.85. The molecule has 33 heavy (non-hydrogen) atoms. The van der Waals surface area contributed by atoms with E-state index >= 15 is 0 Å². The average molecular weight is 444 g/mol. The molecule has 0 aliphatic heterocycles. The molecule has 0 aliphatic carbocycles. The molecule has 7 nitrogen and oxygen atoms in total. The Morgan fingerprint density at radius 1 is 0.970 bits per heavy atom. The molecule has 3 aromatic carbocycles. The Kier molecular flexibility index (Phi) is 6.65. The Morgan fingerprint density at radius 2 is 1.55 bits per heavy atom. The molecule has 0 radical (unpaired) electrons. The fourth-order valence-electron chi connectivity index (χ4n) is 3.48. The maximum atomic E-state index is 12.5. The van der Waals surface area contributed by atoms with Crippen LogP contribution < -0.4 is 5.48 Å². The molecule has 0 saturated carbocycles. The molecule has 4 aromatic rings. The van der Waals surface area contributed by atoms with Crippen molar-refractivity contribution in [2.45, 2.75) is 25.2 Å². The van der Waals surface area contributed by atoms with Crippen LogP contribution in [0.4, 0.5) is 0 Å². The fourth-order valence-corrected chi connectivity index (χ4v) is 3.48. The Bertz CT molecular complexity index is 1190. The molecule has 3 N–H and O–H groups in total. The first-order chi connectivity index (χ1) is 16.0. The van der Waals surface area contributed by atoms with Crippen molar-refractivity contribution in [2.75, 3.05) is 0 Å². The molecule has 0 unspecified atom stereocenters. The van der Waals surface area contributed by atoms with Crippen LogP contribution in [-0.2, 0) is 16.1 Å². The van der Waals surface area contributed by atoms with Gasteiger partial charge in [0.05, 0.1) is 6.61 Å². The largest absolute Gasteiger partial charge is 0.383 e. The highest BCUT2D eigenvalue weighted by Crippen LogP contribution is 2.32. The molecule has 1 amide bonds. The third-order valence-corrected chi connectivity index (χ3v) is 5.54. The second kappa shape index (κ2) is 9.79. The minimum atomic E-state index is -1.82. The Hall–Kier alpha value is -3.78. The lowest BCUT2D eigenvalue weighted by Gasteiger charge is -2.31. The van der Waals surface area contributed by atoms with Crippen LogP contribution in [0.5, 0.6) is 0 Å². The Labute approximate surface area is 191 Å². The van der Waals surface area contributed by atoms with Gasteiger partial charge >= 0.3 is 0 Å². The summed E-state index contributed by atoms with van der Waals surface area (Å²) in [5.74, 6) is -0.465. The number of benzene rings is 3. The number of aliphatic hydroxyl groups excluding tert-OH is 1. The summed E-state index contributed by atoms with van der Waals surface area (Å²) in [6.45, 7) is 1.41. The van der Waals surface area contributed by atoms with Crippen molar-refractivity contribution in [3.05, 3.63) is 102 Å². The first-order valence-corrected chi connectivity index (χ1v) is 10.4. The number of nitrogens with one attached hydrogen (secondary N) is 1. The summed E-state index contributed by atoms with van der Waals surface area (Å²) in [7, 11) is 0. The second-order valence-electron chi connectivity index (χ2n) is 7.78. The molecular weight excluding hydrogens is 420 g/mol. The van der Waals surface area contributed by atoms with Gasteiger partial charge in [-0.25, -0.2) is 5.48 Å². The molecule has 0 bridgehead atoms. The van der Waals surface area contributed by atoms with Crippen LogP contribution in [0.15, 0.2) is 95.5 Å². The van der Waals surface area contributed by atoms with Crippen molar-refractivity contribution in [2.24, 2.45) is 0 Å². The van der Waals surface area contributed by atoms with E-state index in [1.807, 2.05) is 84.9 Å². The SMILES string of the molecule is C[C@@](OCc1ccc(-c2ccccc2)cc1)(C(=O)NO)[C@@H](O)c1cc(-c2ccccc2)on1. The van der Waals surface area contributed by atoms with Gasteiger partial charge in [0.2, 0.25) is 0 Å². The number of nitrogens with zero attached hydrogens (tertiary/aromatic N) is 1. The summed E-state index contributed by atoms with van der Waals surface area (Å²) in [5, 5.41) is 24.1. The maximum Gasteiger partial charge on any atom is 0.278 e. The lowest BCUT2D eigenvalue weighted by atomic mass is 9.94. The molecule has 4 rings (SSSR count). The number of carbonyl (C=O) groups is 1. The molecule has 0 aliphatic rings. The highest BCUT2D eigenvalue weighted by atomic mass is 16.5. The number of amides is 1. The molecule has 0 fully saturated rings. The van der Waals surface area contributed by atoms with Gasteiger partial charge in [0.15, 0.2) is 11.4 Å². The first kappa shape index (κ1) is 22.4. The van der Waals surface area contributed by atoms with Gasteiger partial charge in [0.1, 0.15) is 11.8 Å². The monoisotopic (exact) mass is 444 g/mol. The summed E-state index contributed by atoms with van der Waals surface area (Å²) < 4.78 is 11.2.